The fourth-order valence-corrected chi connectivity index (χ4v) is 2.91. The van der Waals surface area contributed by atoms with Crippen molar-refractivity contribution < 1.29 is 23.6 Å². The summed E-state index contributed by atoms with van der Waals surface area (Å²) >= 11 is 0. The van der Waals surface area contributed by atoms with Crippen molar-refractivity contribution in [3.63, 3.8) is 0 Å². The van der Waals surface area contributed by atoms with Crippen LogP contribution in [0.5, 0.6) is 0 Å². The van der Waals surface area contributed by atoms with Crippen molar-refractivity contribution >= 4 is 17.6 Å². The quantitative estimate of drug-likeness (QED) is 0.707. The highest BCUT2D eigenvalue weighted by molar-refractivity contribution is 5.93. The van der Waals surface area contributed by atoms with Crippen LogP contribution in [-0.2, 0) is 14.4 Å². The minimum atomic E-state index is -0.518. The van der Waals surface area contributed by atoms with Gasteiger partial charge in [-0.25, -0.2) is 14.6 Å². The number of aromatic nitrogens is 1. The molecular formula is C21H27N3O5. The van der Waals surface area contributed by atoms with E-state index in [0.717, 1.165) is 24.3 Å². The van der Waals surface area contributed by atoms with Crippen LogP contribution in [0.3, 0.4) is 0 Å². The van der Waals surface area contributed by atoms with Gasteiger partial charge in [0.2, 0.25) is 0 Å². The Hall–Kier alpha value is -2.87. The van der Waals surface area contributed by atoms with Crippen LogP contribution in [0.4, 0.5) is 5.69 Å². The van der Waals surface area contributed by atoms with Crippen molar-refractivity contribution in [1.82, 2.24) is 10.0 Å². The van der Waals surface area contributed by atoms with Gasteiger partial charge in [0, 0.05) is 24.3 Å². The van der Waals surface area contributed by atoms with E-state index < -0.39 is 11.4 Å². The van der Waals surface area contributed by atoms with E-state index in [0.29, 0.717) is 18.8 Å². The van der Waals surface area contributed by atoms with E-state index in [1.54, 1.807) is 12.0 Å². The minimum absolute atomic E-state index is 0.175. The first-order valence-electron chi connectivity index (χ1n) is 9.73. The molecule has 1 fully saturated rings. The first kappa shape index (κ1) is 20.9. The topological polar surface area (TPSA) is 85.1 Å². The lowest BCUT2D eigenvalue weighted by molar-refractivity contribution is -0.201. The number of nitrogens with zero attached hydrogens (tertiary/aromatic N) is 3. The minimum Gasteiger partial charge on any atom is -0.461 e. The van der Waals surface area contributed by atoms with E-state index >= 15 is 0 Å². The number of hydrogen-bond acceptors (Lipinski definition) is 8. The molecule has 1 saturated heterocycles. The molecule has 0 aliphatic carbocycles. The summed E-state index contributed by atoms with van der Waals surface area (Å²) in [7, 11) is 0. The summed E-state index contributed by atoms with van der Waals surface area (Å²) in [6, 6.07) is 7.74. The Balaban J connectivity index is 1.62. The Labute approximate surface area is 170 Å². The summed E-state index contributed by atoms with van der Waals surface area (Å²) in [5.74, 6) is -0.324. The van der Waals surface area contributed by atoms with E-state index in [-0.39, 0.29) is 18.3 Å². The van der Waals surface area contributed by atoms with Gasteiger partial charge in [0.1, 0.15) is 0 Å². The van der Waals surface area contributed by atoms with Crippen LogP contribution in [0.25, 0.3) is 11.3 Å². The first-order valence-corrected chi connectivity index (χ1v) is 9.73. The highest BCUT2D eigenvalue weighted by atomic mass is 16.7. The number of carbonyl (C=O) groups is 2. The average molecular weight is 401 g/mol. The largest absolute Gasteiger partial charge is 0.461 e. The summed E-state index contributed by atoms with van der Waals surface area (Å²) in [4.78, 5) is 35.7. The average Bonchev–Trinajstić information content (AvgIpc) is 3.18. The van der Waals surface area contributed by atoms with Crippen molar-refractivity contribution in [2.24, 2.45) is 5.41 Å². The molecule has 8 nitrogen and oxygen atoms in total. The number of benzene rings is 1. The maximum atomic E-state index is 12.0. The van der Waals surface area contributed by atoms with E-state index in [1.165, 1.54) is 6.39 Å². The SMILES string of the molecule is CCOC(=O)c1ncoc1-c1ccc(N2CCN(OC(=O)C(C)(C)C)CC2)cc1. The fraction of sp³-hybridized carbons (Fsp3) is 0.476. The van der Waals surface area contributed by atoms with Crippen LogP contribution < -0.4 is 4.90 Å². The first-order chi connectivity index (χ1) is 13.8. The lowest BCUT2D eigenvalue weighted by Crippen LogP contribution is -2.48. The lowest BCUT2D eigenvalue weighted by atomic mass is 9.98. The van der Waals surface area contributed by atoms with E-state index in [1.807, 2.05) is 45.0 Å². The Bertz CT molecular complexity index is 846. The highest BCUT2D eigenvalue weighted by Gasteiger charge is 2.28. The molecule has 0 unspecified atom stereocenters. The zero-order chi connectivity index (χ0) is 21.0. The Morgan fingerprint density at radius 3 is 2.34 bits per heavy atom. The molecule has 2 aromatic rings. The van der Waals surface area contributed by atoms with Crippen molar-refractivity contribution in [2.75, 3.05) is 37.7 Å². The van der Waals surface area contributed by atoms with Gasteiger partial charge in [-0.05, 0) is 52.0 Å². The molecule has 0 amide bonds. The molecular weight excluding hydrogens is 374 g/mol. The van der Waals surface area contributed by atoms with Crippen molar-refractivity contribution in [3.8, 4) is 11.3 Å². The maximum Gasteiger partial charge on any atom is 0.360 e. The summed E-state index contributed by atoms with van der Waals surface area (Å²) in [5.41, 5.74) is 1.46. The molecule has 0 saturated carbocycles. The number of anilines is 1. The second kappa shape index (κ2) is 8.65. The van der Waals surface area contributed by atoms with Crippen LogP contribution in [0, 0.1) is 5.41 Å². The van der Waals surface area contributed by atoms with Gasteiger partial charge in [0.05, 0.1) is 25.1 Å². The second-order valence-electron chi connectivity index (χ2n) is 7.84. The third kappa shape index (κ3) is 4.95. The van der Waals surface area contributed by atoms with E-state index in [4.69, 9.17) is 14.0 Å². The van der Waals surface area contributed by atoms with Crippen LogP contribution >= 0.6 is 0 Å². The molecule has 1 aliphatic heterocycles. The number of esters is 1. The van der Waals surface area contributed by atoms with Crippen molar-refractivity contribution in [3.05, 3.63) is 36.4 Å². The number of ether oxygens (including phenoxy) is 1. The molecule has 1 aromatic heterocycles. The predicted octanol–water partition coefficient (Wildman–Crippen LogP) is 3.14. The number of carbonyl (C=O) groups excluding carboxylic acids is 2. The highest BCUT2D eigenvalue weighted by Crippen LogP contribution is 2.27. The third-order valence-electron chi connectivity index (χ3n) is 4.59. The number of piperazine rings is 1. The Kier molecular flexibility index (Phi) is 6.22. The number of oxazole rings is 1. The zero-order valence-corrected chi connectivity index (χ0v) is 17.3. The second-order valence-corrected chi connectivity index (χ2v) is 7.84. The van der Waals surface area contributed by atoms with Gasteiger partial charge >= 0.3 is 11.9 Å². The maximum absolute atomic E-state index is 12.0. The molecule has 0 atom stereocenters. The van der Waals surface area contributed by atoms with Gasteiger partial charge in [-0.1, -0.05) is 0 Å². The zero-order valence-electron chi connectivity index (χ0n) is 17.3. The molecule has 2 heterocycles. The number of hydrogen-bond donors (Lipinski definition) is 0. The molecule has 29 heavy (non-hydrogen) atoms. The van der Waals surface area contributed by atoms with Gasteiger partial charge in [0.25, 0.3) is 0 Å². The molecule has 156 valence electrons. The van der Waals surface area contributed by atoms with Gasteiger partial charge in [-0.3, -0.25) is 0 Å². The molecule has 3 rings (SSSR count). The Morgan fingerprint density at radius 2 is 1.76 bits per heavy atom. The number of hydroxylamine groups is 2. The van der Waals surface area contributed by atoms with Crippen molar-refractivity contribution in [2.45, 2.75) is 27.7 Å². The van der Waals surface area contributed by atoms with Crippen LogP contribution in [0.15, 0.2) is 35.1 Å². The molecule has 0 radical (unpaired) electrons. The molecule has 0 spiro atoms. The third-order valence-corrected chi connectivity index (χ3v) is 4.59. The standard InChI is InChI=1S/C21H27N3O5/c1-5-27-19(25)17-18(28-14-22-17)15-6-8-16(9-7-15)23-10-12-24(13-11-23)29-20(26)21(2,3)4/h6-9,14H,5,10-13H2,1-4H3. The number of rotatable bonds is 5. The molecule has 8 heteroatoms. The van der Waals surface area contributed by atoms with Gasteiger partial charge in [-0.2, -0.15) is 0 Å². The van der Waals surface area contributed by atoms with Gasteiger partial charge in [0.15, 0.2) is 17.8 Å². The lowest BCUT2D eigenvalue weighted by Gasteiger charge is -2.35. The molecule has 0 bridgehead atoms. The molecule has 1 aliphatic rings. The molecule has 1 aromatic carbocycles. The van der Waals surface area contributed by atoms with Gasteiger partial charge < -0.3 is 18.9 Å². The fourth-order valence-electron chi connectivity index (χ4n) is 2.91. The Morgan fingerprint density at radius 1 is 1.10 bits per heavy atom. The van der Waals surface area contributed by atoms with Crippen LogP contribution in [-0.4, -0.2) is 54.8 Å². The van der Waals surface area contributed by atoms with Gasteiger partial charge in [-0.15, -0.1) is 5.06 Å². The summed E-state index contributed by atoms with van der Waals surface area (Å²) in [6.07, 6.45) is 1.24. The summed E-state index contributed by atoms with van der Waals surface area (Å²) < 4.78 is 10.4. The van der Waals surface area contributed by atoms with E-state index in [2.05, 4.69) is 9.88 Å². The monoisotopic (exact) mass is 401 g/mol. The smallest absolute Gasteiger partial charge is 0.360 e. The molecule has 0 N–H and O–H groups in total. The summed E-state index contributed by atoms with van der Waals surface area (Å²) in [5, 5.41) is 1.72. The normalized spacial score (nSPS) is 15.2. The van der Waals surface area contributed by atoms with Crippen LogP contribution in [0.1, 0.15) is 38.2 Å². The summed E-state index contributed by atoms with van der Waals surface area (Å²) in [6.45, 7) is 10.3. The van der Waals surface area contributed by atoms with Crippen molar-refractivity contribution in [1.29, 1.82) is 0 Å². The predicted molar refractivity (Wildman–Crippen MR) is 107 cm³/mol. The van der Waals surface area contributed by atoms with Crippen LogP contribution in [0.2, 0.25) is 0 Å². The van der Waals surface area contributed by atoms with E-state index in [9.17, 15) is 9.59 Å².